The van der Waals surface area contributed by atoms with Crippen molar-refractivity contribution in [2.75, 3.05) is 32.1 Å². The molecule has 0 bridgehead atoms. The van der Waals surface area contributed by atoms with E-state index in [0.29, 0.717) is 12.6 Å². The van der Waals surface area contributed by atoms with E-state index in [9.17, 15) is 4.79 Å². The zero-order chi connectivity index (χ0) is 15.7. The van der Waals surface area contributed by atoms with Gasteiger partial charge in [0.2, 0.25) is 0 Å². The SMILES string of the molecule is CCOC(=O)Cc1csc(NCCCCN(C)C(C)C)n1. The number of hydrogen-bond acceptors (Lipinski definition) is 6. The van der Waals surface area contributed by atoms with Crippen molar-refractivity contribution in [2.24, 2.45) is 0 Å². The van der Waals surface area contributed by atoms with Crippen LogP contribution in [-0.2, 0) is 16.0 Å². The molecular weight excluding hydrogens is 286 g/mol. The monoisotopic (exact) mass is 313 g/mol. The number of ether oxygens (including phenoxy) is 1. The Morgan fingerprint density at radius 1 is 1.48 bits per heavy atom. The number of hydrogen-bond donors (Lipinski definition) is 1. The number of carbonyl (C=O) groups is 1. The zero-order valence-corrected chi connectivity index (χ0v) is 14.3. The van der Waals surface area contributed by atoms with Gasteiger partial charge in [0.05, 0.1) is 18.7 Å². The van der Waals surface area contributed by atoms with E-state index in [2.05, 4.69) is 36.1 Å². The molecule has 0 amide bonds. The second-order valence-corrected chi connectivity index (χ2v) is 6.19. The third kappa shape index (κ3) is 7.43. The summed E-state index contributed by atoms with van der Waals surface area (Å²) in [6, 6.07) is 0.599. The summed E-state index contributed by atoms with van der Waals surface area (Å²) < 4.78 is 4.91. The van der Waals surface area contributed by atoms with Gasteiger partial charge in [0.25, 0.3) is 0 Å². The molecule has 0 aliphatic heterocycles. The Morgan fingerprint density at radius 2 is 2.24 bits per heavy atom. The molecule has 0 saturated heterocycles. The maximum atomic E-state index is 11.4. The number of nitrogens with one attached hydrogen (secondary N) is 1. The first kappa shape index (κ1) is 17.9. The van der Waals surface area contributed by atoms with Crippen LogP contribution in [0.25, 0.3) is 0 Å². The van der Waals surface area contributed by atoms with E-state index < -0.39 is 0 Å². The minimum absolute atomic E-state index is 0.217. The quantitative estimate of drug-likeness (QED) is 0.532. The highest BCUT2D eigenvalue weighted by Crippen LogP contribution is 2.16. The van der Waals surface area contributed by atoms with Crippen molar-refractivity contribution in [3.63, 3.8) is 0 Å². The number of aromatic nitrogens is 1. The lowest BCUT2D eigenvalue weighted by atomic mass is 10.2. The minimum Gasteiger partial charge on any atom is -0.466 e. The van der Waals surface area contributed by atoms with Crippen molar-refractivity contribution in [2.45, 2.75) is 46.1 Å². The summed E-state index contributed by atoms with van der Waals surface area (Å²) in [5.74, 6) is -0.217. The van der Waals surface area contributed by atoms with Crippen molar-refractivity contribution < 1.29 is 9.53 Å². The number of anilines is 1. The maximum absolute atomic E-state index is 11.4. The third-order valence-electron chi connectivity index (χ3n) is 3.28. The molecule has 5 nitrogen and oxygen atoms in total. The summed E-state index contributed by atoms with van der Waals surface area (Å²) in [5, 5.41) is 6.10. The summed E-state index contributed by atoms with van der Waals surface area (Å²) >= 11 is 1.54. The second-order valence-electron chi connectivity index (χ2n) is 5.33. The van der Waals surface area contributed by atoms with Crippen LogP contribution in [0.3, 0.4) is 0 Å². The van der Waals surface area contributed by atoms with Gasteiger partial charge >= 0.3 is 5.97 Å². The number of esters is 1. The molecule has 1 rings (SSSR count). The van der Waals surface area contributed by atoms with Gasteiger partial charge in [0.15, 0.2) is 5.13 Å². The molecule has 0 atom stereocenters. The Balaban J connectivity index is 2.18. The van der Waals surface area contributed by atoms with Crippen molar-refractivity contribution in [3.8, 4) is 0 Å². The minimum atomic E-state index is -0.217. The summed E-state index contributed by atoms with van der Waals surface area (Å²) in [6.45, 7) is 8.67. The molecule has 1 N–H and O–H groups in total. The summed E-state index contributed by atoms with van der Waals surface area (Å²) in [7, 11) is 2.15. The molecule has 1 heterocycles. The lowest BCUT2D eigenvalue weighted by Gasteiger charge is -2.20. The average Bonchev–Trinajstić information content (AvgIpc) is 2.85. The summed E-state index contributed by atoms with van der Waals surface area (Å²) in [5.41, 5.74) is 0.778. The van der Waals surface area contributed by atoms with E-state index in [1.165, 1.54) is 17.8 Å². The Bertz CT molecular complexity index is 421. The van der Waals surface area contributed by atoms with Crippen LogP contribution < -0.4 is 5.32 Å². The van der Waals surface area contributed by atoms with Gasteiger partial charge in [0.1, 0.15) is 0 Å². The largest absolute Gasteiger partial charge is 0.466 e. The van der Waals surface area contributed by atoms with Gasteiger partial charge in [-0.3, -0.25) is 4.79 Å². The fourth-order valence-electron chi connectivity index (χ4n) is 1.77. The van der Waals surface area contributed by atoms with Crippen molar-refractivity contribution in [3.05, 3.63) is 11.1 Å². The first-order valence-electron chi connectivity index (χ1n) is 7.57. The summed E-state index contributed by atoms with van der Waals surface area (Å²) in [4.78, 5) is 18.1. The third-order valence-corrected chi connectivity index (χ3v) is 4.13. The van der Waals surface area contributed by atoms with Crippen molar-refractivity contribution in [1.29, 1.82) is 0 Å². The number of carbonyl (C=O) groups excluding carboxylic acids is 1. The fourth-order valence-corrected chi connectivity index (χ4v) is 2.51. The van der Waals surface area contributed by atoms with E-state index in [4.69, 9.17) is 4.74 Å². The van der Waals surface area contributed by atoms with E-state index >= 15 is 0 Å². The van der Waals surface area contributed by atoms with Gasteiger partial charge in [-0.15, -0.1) is 11.3 Å². The van der Waals surface area contributed by atoms with Gasteiger partial charge in [-0.2, -0.15) is 0 Å². The molecule has 0 radical (unpaired) electrons. The van der Waals surface area contributed by atoms with Gasteiger partial charge in [-0.1, -0.05) is 0 Å². The molecular formula is C15H27N3O2S. The fraction of sp³-hybridized carbons (Fsp3) is 0.733. The van der Waals surface area contributed by atoms with Crippen molar-refractivity contribution in [1.82, 2.24) is 9.88 Å². The number of thiazole rings is 1. The van der Waals surface area contributed by atoms with Crippen LogP contribution in [0.2, 0.25) is 0 Å². The Kier molecular flexibility index (Phi) is 8.30. The van der Waals surface area contributed by atoms with Crippen LogP contribution in [-0.4, -0.2) is 48.6 Å². The lowest BCUT2D eigenvalue weighted by Crippen LogP contribution is -2.27. The Morgan fingerprint density at radius 3 is 2.90 bits per heavy atom. The van der Waals surface area contributed by atoms with Gasteiger partial charge in [0, 0.05) is 18.0 Å². The number of nitrogens with zero attached hydrogens (tertiary/aromatic N) is 2. The summed E-state index contributed by atoms with van der Waals surface area (Å²) in [6.07, 6.45) is 2.54. The Hall–Kier alpha value is -1.14. The van der Waals surface area contributed by atoms with Gasteiger partial charge in [-0.05, 0) is 47.2 Å². The van der Waals surface area contributed by atoms with Crippen LogP contribution in [0.5, 0.6) is 0 Å². The van der Waals surface area contributed by atoms with E-state index in [-0.39, 0.29) is 12.4 Å². The average molecular weight is 313 g/mol. The molecule has 0 aliphatic carbocycles. The number of rotatable bonds is 10. The van der Waals surface area contributed by atoms with Crippen LogP contribution in [0.15, 0.2) is 5.38 Å². The number of unbranched alkanes of at least 4 members (excludes halogenated alkanes) is 1. The smallest absolute Gasteiger partial charge is 0.311 e. The predicted octanol–water partition coefficient (Wildman–Crippen LogP) is 2.78. The normalized spacial score (nSPS) is 11.1. The van der Waals surface area contributed by atoms with Crippen LogP contribution in [0.1, 0.15) is 39.3 Å². The molecule has 1 aromatic rings. The molecule has 120 valence electrons. The molecule has 0 aliphatic rings. The molecule has 1 aromatic heterocycles. The second kappa shape index (κ2) is 9.73. The molecule has 21 heavy (non-hydrogen) atoms. The van der Waals surface area contributed by atoms with Crippen LogP contribution in [0, 0.1) is 0 Å². The van der Waals surface area contributed by atoms with Crippen LogP contribution in [0.4, 0.5) is 5.13 Å². The van der Waals surface area contributed by atoms with E-state index in [1.54, 1.807) is 0 Å². The molecule has 0 fully saturated rings. The van der Waals surface area contributed by atoms with Crippen LogP contribution >= 0.6 is 11.3 Å². The topological polar surface area (TPSA) is 54.5 Å². The maximum Gasteiger partial charge on any atom is 0.311 e. The molecule has 0 saturated carbocycles. The molecule has 0 unspecified atom stereocenters. The van der Waals surface area contributed by atoms with Crippen molar-refractivity contribution >= 4 is 22.4 Å². The first-order valence-corrected chi connectivity index (χ1v) is 8.45. The highest BCUT2D eigenvalue weighted by molar-refractivity contribution is 7.13. The lowest BCUT2D eigenvalue weighted by molar-refractivity contribution is -0.142. The first-order chi connectivity index (χ1) is 10.0. The van der Waals surface area contributed by atoms with E-state index in [0.717, 1.165) is 30.3 Å². The highest BCUT2D eigenvalue weighted by atomic mass is 32.1. The molecule has 0 spiro atoms. The van der Waals surface area contributed by atoms with Gasteiger partial charge in [-0.25, -0.2) is 4.98 Å². The highest BCUT2D eigenvalue weighted by Gasteiger charge is 2.08. The standard InChI is InChI=1S/C15H27N3O2S/c1-5-20-14(19)10-13-11-21-15(17-13)16-8-6-7-9-18(4)12(2)3/h11-12H,5-10H2,1-4H3,(H,16,17). The van der Waals surface area contributed by atoms with E-state index in [1.807, 2.05) is 12.3 Å². The zero-order valence-electron chi connectivity index (χ0n) is 13.5. The predicted molar refractivity (Wildman–Crippen MR) is 87.9 cm³/mol. The van der Waals surface area contributed by atoms with Gasteiger partial charge < -0.3 is 15.0 Å². The molecule has 6 heteroatoms. The molecule has 0 aromatic carbocycles. The Labute approximate surface area is 131 Å².